The molecule has 0 saturated heterocycles. The van der Waals surface area contributed by atoms with E-state index in [1.165, 1.54) is 44.6 Å². The smallest absolute Gasteiger partial charge is 0.339 e. The number of rotatable bonds is 6. The van der Waals surface area contributed by atoms with E-state index in [2.05, 4.69) is 0 Å². The number of ether oxygens (including phenoxy) is 2. The van der Waals surface area contributed by atoms with Gasteiger partial charge in [-0.3, -0.25) is 4.79 Å². The number of carboxylic acid groups (broad SMARTS) is 1. The van der Waals surface area contributed by atoms with E-state index in [9.17, 15) is 14.7 Å². The van der Waals surface area contributed by atoms with Crippen molar-refractivity contribution in [2.24, 2.45) is 0 Å². The third kappa shape index (κ3) is 3.73. The predicted molar refractivity (Wildman–Crippen MR) is 88.0 cm³/mol. The highest BCUT2D eigenvalue weighted by molar-refractivity contribution is 6.07. The van der Waals surface area contributed by atoms with Gasteiger partial charge in [0.1, 0.15) is 11.3 Å². The summed E-state index contributed by atoms with van der Waals surface area (Å²) < 4.78 is 10.3. The minimum absolute atomic E-state index is 0.226. The number of phenols is 1. The van der Waals surface area contributed by atoms with E-state index in [1.54, 1.807) is 18.2 Å². The van der Waals surface area contributed by atoms with Gasteiger partial charge in [-0.15, -0.1) is 0 Å². The molecule has 0 atom stereocenters. The molecule has 24 heavy (non-hydrogen) atoms. The number of methoxy groups -OCH3 is 2. The molecule has 6 nitrogen and oxygen atoms in total. The van der Waals surface area contributed by atoms with Gasteiger partial charge in [0.2, 0.25) is 0 Å². The summed E-state index contributed by atoms with van der Waals surface area (Å²) in [6.07, 6.45) is 2.80. The number of aromatic carboxylic acids is 1. The number of carboxylic acids is 1. The number of benzene rings is 2. The summed E-state index contributed by atoms with van der Waals surface area (Å²) in [6, 6.07) is 8.86. The minimum atomic E-state index is -1.24. The molecule has 6 heteroatoms. The number of carbonyl (C=O) groups excluding carboxylic acids is 1. The maximum absolute atomic E-state index is 12.2. The zero-order valence-electron chi connectivity index (χ0n) is 13.1. The van der Waals surface area contributed by atoms with Crippen LogP contribution in [0.3, 0.4) is 0 Å². The minimum Gasteiger partial charge on any atom is -0.507 e. The second-order valence-corrected chi connectivity index (χ2v) is 4.85. The summed E-state index contributed by atoms with van der Waals surface area (Å²) in [7, 11) is 2.98. The third-order valence-corrected chi connectivity index (χ3v) is 3.35. The normalized spacial score (nSPS) is 10.6. The van der Waals surface area contributed by atoms with Crippen molar-refractivity contribution in [3.63, 3.8) is 0 Å². The van der Waals surface area contributed by atoms with Crippen molar-refractivity contribution in [1.82, 2.24) is 0 Å². The van der Waals surface area contributed by atoms with Crippen molar-refractivity contribution in [1.29, 1.82) is 0 Å². The Balaban J connectivity index is 2.25. The van der Waals surface area contributed by atoms with Crippen molar-refractivity contribution in [3.05, 3.63) is 59.2 Å². The van der Waals surface area contributed by atoms with Crippen LogP contribution in [0.5, 0.6) is 17.2 Å². The van der Waals surface area contributed by atoms with Gasteiger partial charge in [-0.25, -0.2) is 4.79 Å². The highest BCUT2D eigenvalue weighted by Gasteiger charge is 2.10. The molecule has 2 N–H and O–H groups in total. The molecule has 0 spiro atoms. The molecule has 0 amide bonds. The van der Waals surface area contributed by atoms with Gasteiger partial charge >= 0.3 is 5.97 Å². The monoisotopic (exact) mass is 328 g/mol. The summed E-state index contributed by atoms with van der Waals surface area (Å²) in [5.41, 5.74) is 0.663. The van der Waals surface area contributed by atoms with Gasteiger partial charge < -0.3 is 19.7 Å². The fourth-order valence-corrected chi connectivity index (χ4v) is 2.09. The Morgan fingerprint density at radius 2 is 1.71 bits per heavy atom. The molecule has 2 rings (SSSR count). The Hall–Kier alpha value is -3.28. The van der Waals surface area contributed by atoms with Crippen molar-refractivity contribution >= 4 is 17.8 Å². The zero-order chi connectivity index (χ0) is 17.7. The molecule has 0 aliphatic carbocycles. The fourth-order valence-electron chi connectivity index (χ4n) is 2.09. The number of carbonyl (C=O) groups is 2. The van der Waals surface area contributed by atoms with E-state index in [0.29, 0.717) is 22.6 Å². The van der Waals surface area contributed by atoms with Crippen LogP contribution in [0.25, 0.3) is 6.08 Å². The highest BCUT2D eigenvalue weighted by Crippen LogP contribution is 2.28. The number of hydrogen-bond donors (Lipinski definition) is 2. The van der Waals surface area contributed by atoms with Crippen LogP contribution in [0.1, 0.15) is 26.3 Å². The van der Waals surface area contributed by atoms with Gasteiger partial charge in [0.25, 0.3) is 0 Å². The van der Waals surface area contributed by atoms with Crippen LogP contribution >= 0.6 is 0 Å². The average molecular weight is 328 g/mol. The standard InChI is InChI=1S/C18H16O6/c1-23-16-8-5-12(10-17(16)24-2)14(19)6-3-11-4-7-15(20)13(9-11)18(21)22/h3-10,20H,1-2H3,(H,21,22)/b6-3+. The first-order valence-corrected chi connectivity index (χ1v) is 6.97. The third-order valence-electron chi connectivity index (χ3n) is 3.35. The van der Waals surface area contributed by atoms with Gasteiger partial charge in [0.15, 0.2) is 17.3 Å². The molecule has 2 aromatic carbocycles. The van der Waals surface area contributed by atoms with E-state index in [-0.39, 0.29) is 17.1 Å². The highest BCUT2D eigenvalue weighted by atomic mass is 16.5. The number of allylic oxidation sites excluding steroid dienone is 1. The van der Waals surface area contributed by atoms with Crippen LogP contribution in [-0.2, 0) is 0 Å². The molecule has 0 heterocycles. The van der Waals surface area contributed by atoms with E-state index in [0.717, 1.165) is 0 Å². The summed E-state index contributed by atoms with van der Waals surface area (Å²) in [6.45, 7) is 0. The molecule has 2 aromatic rings. The first kappa shape index (κ1) is 17.1. The van der Waals surface area contributed by atoms with E-state index >= 15 is 0 Å². The van der Waals surface area contributed by atoms with Crippen LogP contribution in [0.2, 0.25) is 0 Å². The Bertz CT molecular complexity index is 807. The van der Waals surface area contributed by atoms with Gasteiger partial charge in [-0.1, -0.05) is 12.1 Å². The molecule has 0 unspecified atom stereocenters. The number of hydrogen-bond acceptors (Lipinski definition) is 5. The summed E-state index contributed by atoms with van der Waals surface area (Å²) in [5, 5.41) is 18.4. The maximum Gasteiger partial charge on any atom is 0.339 e. The zero-order valence-corrected chi connectivity index (χ0v) is 13.1. The lowest BCUT2D eigenvalue weighted by Gasteiger charge is -2.08. The van der Waals surface area contributed by atoms with E-state index in [1.807, 2.05) is 0 Å². The van der Waals surface area contributed by atoms with Crippen LogP contribution in [0, 0.1) is 0 Å². The summed E-state index contributed by atoms with van der Waals surface area (Å²) in [5.74, 6) is -0.891. The fraction of sp³-hybridized carbons (Fsp3) is 0.111. The predicted octanol–water partition coefficient (Wildman–Crippen LogP) is 3.00. The molecule has 124 valence electrons. The molecule has 0 saturated carbocycles. The first-order valence-electron chi connectivity index (χ1n) is 6.97. The Morgan fingerprint density at radius 1 is 1.00 bits per heavy atom. The maximum atomic E-state index is 12.2. The molecule has 0 aromatic heterocycles. The lowest BCUT2D eigenvalue weighted by Crippen LogP contribution is -1.98. The van der Waals surface area contributed by atoms with Crippen molar-refractivity contribution in [2.45, 2.75) is 0 Å². The Labute approximate surface area is 138 Å². The van der Waals surface area contributed by atoms with Crippen molar-refractivity contribution in [2.75, 3.05) is 14.2 Å². The van der Waals surface area contributed by atoms with Crippen LogP contribution in [-0.4, -0.2) is 36.2 Å². The SMILES string of the molecule is COc1ccc(C(=O)/C=C/c2ccc(O)c(C(=O)O)c2)cc1OC. The van der Waals surface area contributed by atoms with Crippen LogP contribution in [0.4, 0.5) is 0 Å². The number of aromatic hydroxyl groups is 1. The van der Waals surface area contributed by atoms with Gasteiger partial charge in [-0.05, 0) is 42.0 Å². The molecule has 0 bridgehead atoms. The quantitative estimate of drug-likeness (QED) is 0.625. The largest absolute Gasteiger partial charge is 0.507 e. The lowest BCUT2D eigenvalue weighted by atomic mass is 10.1. The lowest BCUT2D eigenvalue weighted by molar-refractivity contribution is 0.0693. The van der Waals surface area contributed by atoms with Gasteiger partial charge in [0, 0.05) is 5.56 Å². The second-order valence-electron chi connectivity index (χ2n) is 4.85. The topological polar surface area (TPSA) is 93.1 Å². The van der Waals surface area contributed by atoms with Crippen LogP contribution < -0.4 is 9.47 Å². The molecule has 0 aliphatic rings. The van der Waals surface area contributed by atoms with Gasteiger partial charge in [0.05, 0.1) is 14.2 Å². The molecule has 0 radical (unpaired) electrons. The Kier molecular flexibility index (Phi) is 5.21. The van der Waals surface area contributed by atoms with E-state index in [4.69, 9.17) is 14.6 Å². The average Bonchev–Trinajstić information content (AvgIpc) is 2.59. The number of ketones is 1. The molecular weight excluding hydrogens is 312 g/mol. The van der Waals surface area contributed by atoms with Crippen molar-refractivity contribution in [3.8, 4) is 17.2 Å². The van der Waals surface area contributed by atoms with Gasteiger partial charge in [-0.2, -0.15) is 0 Å². The molecule has 0 aliphatic heterocycles. The van der Waals surface area contributed by atoms with Crippen LogP contribution in [0.15, 0.2) is 42.5 Å². The first-order chi connectivity index (χ1) is 11.5. The van der Waals surface area contributed by atoms with Crippen molar-refractivity contribution < 1.29 is 29.3 Å². The summed E-state index contributed by atoms with van der Waals surface area (Å²) >= 11 is 0. The molecular formula is C18H16O6. The second kappa shape index (κ2) is 7.32. The van der Waals surface area contributed by atoms with E-state index < -0.39 is 5.97 Å². The molecule has 0 fully saturated rings. The summed E-state index contributed by atoms with van der Waals surface area (Å²) in [4.78, 5) is 23.2. The Morgan fingerprint density at radius 3 is 2.33 bits per heavy atom.